The van der Waals surface area contributed by atoms with Crippen LogP contribution in [-0.4, -0.2) is 36.6 Å². The number of benzene rings is 1. The highest BCUT2D eigenvalue weighted by Crippen LogP contribution is 2.40. The van der Waals surface area contributed by atoms with Crippen molar-refractivity contribution in [1.29, 1.82) is 0 Å². The van der Waals surface area contributed by atoms with Gasteiger partial charge in [0.2, 0.25) is 5.75 Å². The Hall–Kier alpha value is -3.22. The Balaban J connectivity index is 1.98. The van der Waals surface area contributed by atoms with Crippen molar-refractivity contribution in [2.75, 3.05) is 26.6 Å². The van der Waals surface area contributed by atoms with E-state index in [1.165, 1.54) is 21.3 Å². The molecule has 3 rings (SSSR count). The average Bonchev–Trinajstić information content (AvgIpc) is 3.06. The van der Waals surface area contributed by atoms with E-state index in [9.17, 15) is 4.79 Å². The van der Waals surface area contributed by atoms with Crippen molar-refractivity contribution < 1.29 is 19.0 Å². The number of pyridine rings is 1. The maximum Gasteiger partial charge on any atom is 0.276 e. The van der Waals surface area contributed by atoms with Gasteiger partial charge in [0.05, 0.1) is 26.8 Å². The van der Waals surface area contributed by atoms with Crippen molar-refractivity contribution in [3.8, 4) is 17.2 Å². The third-order valence-electron chi connectivity index (χ3n) is 4.08. The monoisotopic (exact) mass is 355 g/mol. The average molecular weight is 355 g/mol. The zero-order valence-electron chi connectivity index (χ0n) is 15.2. The van der Waals surface area contributed by atoms with Gasteiger partial charge in [-0.05, 0) is 12.1 Å². The van der Waals surface area contributed by atoms with Crippen molar-refractivity contribution in [3.63, 3.8) is 0 Å². The smallest absolute Gasteiger partial charge is 0.276 e. The number of methoxy groups -OCH3 is 3. The second-order valence-electron chi connectivity index (χ2n) is 5.55. The number of aryl methyl sites for hydroxylation is 1. The number of anilines is 1. The fraction of sp³-hybridized carbons (Fsp3) is 0.263. The molecular formula is C19H21N3O4. The molecule has 0 radical (unpaired) electrons. The minimum Gasteiger partial charge on any atom is -0.493 e. The first-order chi connectivity index (χ1) is 12.6. The second kappa shape index (κ2) is 7.35. The van der Waals surface area contributed by atoms with Gasteiger partial charge < -0.3 is 23.9 Å². The van der Waals surface area contributed by atoms with Crippen LogP contribution < -0.4 is 19.5 Å². The van der Waals surface area contributed by atoms with E-state index in [2.05, 4.69) is 10.3 Å². The number of hydrogen-bond acceptors (Lipinski definition) is 5. The van der Waals surface area contributed by atoms with Crippen LogP contribution in [0.5, 0.6) is 17.2 Å². The number of rotatable bonds is 6. The summed E-state index contributed by atoms with van der Waals surface area (Å²) in [5.41, 5.74) is 1.66. The Morgan fingerprint density at radius 1 is 1.12 bits per heavy atom. The predicted molar refractivity (Wildman–Crippen MR) is 98.6 cm³/mol. The summed E-state index contributed by atoms with van der Waals surface area (Å²) in [5, 5.41) is 2.86. The molecule has 1 N–H and O–H groups in total. The van der Waals surface area contributed by atoms with Crippen LogP contribution in [0.2, 0.25) is 0 Å². The van der Waals surface area contributed by atoms with Crippen molar-refractivity contribution >= 4 is 17.1 Å². The largest absolute Gasteiger partial charge is 0.493 e. The molecule has 136 valence electrons. The molecule has 1 aromatic carbocycles. The highest BCUT2D eigenvalue weighted by molar-refractivity contribution is 6.07. The van der Waals surface area contributed by atoms with Crippen LogP contribution in [0.3, 0.4) is 0 Å². The lowest BCUT2D eigenvalue weighted by atomic mass is 10.2. The molecule has 0 aliphatic rings. The standard InChI is InChI=1S/C19H21N3O4/c1-5-16-21-17(13-8-6-7-9-22(13)16)19(23)20-12-10-14(24-2)18(26-4)15(11-12)25-3/h6-11H,5H2,1-4H3,(H,20,23). The van der Waals surface area contributed by atoms with Crippen LogP contribution in [0, 0.1) is 0 Å². The summed E-state index contributed by atoms with van der Waals surface area (Å²) >= 11 is 0. The van der Waals surface area contributed by atoms with Crippen molar-refractivity contribution in [2.45, 2.75) is 13.3 Å². The summed E-state index contributed by atoms with van der Waals surface area (Å²) in [6, 6.07) is 9.02. The van der Waals surface area contributed by atoms with Gasteiger partial charge >= 0.3 is 0 Å². The molecule has 0 aliphatic heterocycles. The van der Waals surface area contributed by atoms with Gasteiger partial charge in [-0.15, -0.1) is 0 Å². The first kappa shape index (κ1) is 17.6. The summed E-state index contributed by atoms with van der Waals surface area (Å²) in [4.78, 5) is 17.3. The Labute approximate surface area is 151 Å². The number of nitrogens with zero attached hydrogens (tertiary/aromatic N) is 2. The molecule has 2 heterocycles. The number of imidazole rings is 1. The Morgan fingerprint density at radius 3 is 2.38 bits per heavy atom. The number of aromatic nitrogens is 2. The molecule has 7 nitrogen and oxygen atoms in total. The van der Waals surface area contributed by atoms with E-state index >= 15 is 0 Å². The molecule has 0 saturated heterocycles. The normalized spacial score (nSPS) is 10.6. The maximum atomic E-state index is 12.8. The van der Waals surface area contributed by atoms with Crippen LogP contribution >= 0.6 is 0 Å². The zero-order valence-corrected chi connectivity index (χ0v) is 15.2. The number of carbonyl (C=O) groups is 1. The van der Waals surface area contributed by atoms with Gasteiger partial charge in [-0.3, -0.25) is 4.79 Å². The fourth-order valence-electron chi connectivity index (χ4n) is 2.86. The summed E-state index contributed by atoms with van der Waals surface area (Å²) in [6.45, 7) is 2.00. The predicted octanol–water partition coefficient (Wildman–Crippen LogP) is 3.17. The SMILES string of the molecule is CCc1nc(C(=O)Nc2cc(OC)c(OC)c(OC)c2)c2ccccn12. The third kappa shape index (κ3) is 3.03. The van der Waals surface area contributed by atoms with Crippen LogP contribution in [0.1, 0.15) is 23.2 Å². The maximum absolute atomic E-state index is 12.8. The van der Waals surface area contributed by atoms with Crippen LogP contribution in [-0.2, 0) is 6.42 Å². The van der Waals surface area contributed by atoms with Crippen molar-refractivity contribution in [1.82, 2.24) is 9.38 Å². The Morgan fingerprint density at radius 2 is 1.81 bits per heavy atom. The molecule has 0 aliphatic carbocycles. The third-order valence-corrected chi connectivity index (χ3v) is 4.08. The van der Waals surface area contributed by atoms with E-state index in [4.69, 9.17) is 14.2 Å². The van der Waals surface area contributed by atoms with Gasteiger partial charge in [-0.25, -0.2) is 4.98 Å². The fourth-order valence-corrected chi connectivity index (χ4v) is 2.86. The summed E-state index contributed by atoms with van der Waals surface area (Å²) in [5.74, 6) is 1.92. The molecule has 3 aromatic rings. The zero-order chi connectivity index (χ0) is 18.7. The summed E-state index contributed by atoms with van der Waals surface area (Å²) in [7, 11) is 4.58. The number of fused-ring (bicyclic) bond motifs is 1. The van der Waals surface area contributed by atoms with Gasteiger partial charge in [0.25, 0.3) is 5.91 Å². The first-order valence-electron chi connectivity index (χ1n) is 8.20. The summed E-state index contributed by atoms with van der Waals surface area (Å²) < 4.78 is 17.9. The molecular weight excluding hydrogens is 334 g/mol. The van der Waals surface area contributed by atoms with E-state index in [0.29, 0.717) is 28.6 Å². The molecule has 0 fully saturated rings. The highest BCUT2D eigenvalue weighted by Gasteiger charge is 2.19. The molecule has 0 atom stereocenters. The Kier molecular flexibility index (Phi) is 4.97. The lowest BCUT2D eigenvalue weighted by molar-refractivity contribution is 0.102. The number of carbonyl (C=O) groups excluding carboxylic acids is 1. The Bertz CT molecular complexity index is 924. The highest BCUT2D eigenvalue weighted by atomic mass is 16.5. The second-order valence-corrected chi connectivity index (χ2v) is 5.55. The summed E-state index contributed by atoms with van der Waals surface area (Å²) in [6.07, 6.45) is 2.63. The van der Waals surface area contributed by atoms with E-state index in [1.54, 1.807) is 12.1 Å². The van der Waals surface area contributed by atoms with E-state index < -0.39 is 0 Å². The minimum absolute atomic E-state index is 0.303. The van der Waals surface area contributed by atoms with E-state index in [-0.39, 0.29) is 5.91 Å². The van der Waals surface area contributed by atoms with Crippen LogP contribution in [0.4, 0.5) is 5.69 Å². The van der Waals surface area contributed by atoms with Crippen molar-refractivity contribution in [3.05, 3.63) is 48.0 Å². The quantitative estimate of drug-likeness (QED) is 0.735. The number of hydrogen-bond donors (Lipinski definition) is 1. The van der Waals surface area contributed by atoms with Crippen LogP contribution in [0.15, 0.2) is 36.5 Å². The topological polar surface area (TPSA) is 74.1 Å². The number of ether oxygens (including phenoxy) is 3. The van der Waals surface area contributed by atoms with Gasteiger partial charge in [0.1, 0.15) is 5.82 Å². The molecule has 0 spiro atoms. The molecule has 7 heteroatoms. The first-order valence-corrected chi connectivity index (χ1v) is 8.20. The molecule has 0 saturated carbocycles. The van der Waals surface area contributed by atoms with Gasteiger partial charge in [0, 0.05) is 30.4 Å². The molecule has 26 heavy (non-hydrogen) atoms. The minimum atomic E-state index is -0.303. The number of amides is 1. The van der Waals surface area contributed by atoms with Crippen molar-refractivity contribution in [2.24, 2.45) is 0 Å². The van der Waals surface area contributed by atoms with E-state index in [1.807, 2.05) is 35.7 Å². The van der Waals surface area contributed by atoms with Crippen LogP contribution in [0.25, 0.3) is 5.52 Å². The molecule has 2 aromatic heterocycles. The molecule has 0 bridgehead atoms. The van der Waals surface area contributed by atoms with Gasteiger partial charge in [0.15, 0.2) is 17.2 Å². The number of nitrogens with one attached hydrogen (secondary N) is 1. The lowest BCUT2D eigenvalue weighted by Crippen LogP contribution is -2.13. The molecule has 0 unspecified atom stereocenters. The lowest BCUT2D eigenvalue weighted by Gasteiger charge is -2.14. The molecule has 1 amide bonds. The van der Waals surface area contributed by atoms with Gasteiger partial charge in [-0.2, -0.15) is 0 Å². The van der Waals surface area contributed by atoms with Gasteiger partial charge in [-0.1, -0.05) is 13.0 Å². The van der Waals surface area contributed by atoms with E-state index in [0.717, 1.165) is 17.8 Å².